The Morgan fingerprint density at radius 1 is 1.07 bits per heavy atom. The molecule has 28 heavy (non-hydrogen) atoms. The lowest BCUT2D eigenvalue weighted by molar-refractivity contribution is -0.136. The van der Waals surface area contributed by atoms with Crippen molar-refractivity contribution in [3.8, 4) is 5.69 Å². The van der Waals surface area contributed by atoms with E-state index < -0.39 is 5.97 Å². The van der Waals surface area contributed by atoms with E-state index in [0.29, 0.717) is 5.56 Å². The second-order valence-electron chi connectivity index (χ2n) is 6.89. The largest absolute Gasteiger partial charge is 0.454 e. The van der Waals surface area contributed by atoms with Gasteiger partial charge in [0.2, 0.25) is 5.78 Å². The SMILES string of the molecule is Cc1cc(C)cc(-n2c(C)cc(C(=O)COC(=O)/C=C/c3ccsc3)c2C)c1. The van der Waals surface area contributed by atoms with E-state index in [9.17, 15) is 9.59 Å². The first-order chi connectivity index (χ1) is 13.3. The number of esters is 1. The summed E-state index contributed by atoms with van der Waals surface area (Å²) in [5.74, 6) is -0.733. The van der Waals surface area contributed by atoms with Crippen LogP contribution in [0.2, 0.25) is 0 Å². The maximum absolute atomic E-state index is 12.6. The molecule has 0 spiro atoms. The summed E-state index contributed by atoms with van der Waals surface area (Å²) in [4.78, 5) is 24.5. The number of ketones is 1. The van der Waals surface area contributed by atoms with Crippen molar-refractivity contribution in [2.24, 2.45) is 0 Å². The highest BCUT2D eigenvalue weighted by Gasteiger charge is 2.18. The average molecular weight is 394 g/mol. The summed E-state index contributed by atoms with van der Waals surface area (Å²) in [5, 5.41) is 3.86. The number of aromatic nitrogens is 1. The third-order valence-corrected chi connectivity index (χ3v) is 5.20. The maximum atomic E-state index is 12.6. The Hall–Kier alpha value is -2.92. The van der Waals surface area contributed by atoms with Gasteiger partial charge in [-0.1, -0.05) is 6.07 Å². The molecular formula is C23H23NO3S. The molecule has 0 unspecified atom stereocenters. The van der Waals surface area contributed by atoms with E-state index >= 15 is 0 Å². The number of benzene rings is 1. The molecule has 0 radical (unpaired) electrons. The highest BCUT2D eigenvalue weighted by molar-refractivity contribution is 7.08. The molecule has 2 heterocycles. The van der Waals surface area contributed by atoms with Crippen LogP contribution in [0.5, 0.6) is 0 Å². The van der Waals surface area contributed by atoms with Crippen LogP contribution < -0.4 is 0 Å². The summed E-state index contributed by atoms with van der Waals surface area (Å²) in [6.07, 6.45) is 3.02. The summed E-state index contributed by atoms with van der Waals surface area (Å²) in [5.41, 5.74) is 6.69. The molecule has 0 amide bonds. The van der Waals surface area contributed by atoms with Gasteiger partial charge in [0.1, 0.15) is 0 Å². The number of rotatable bonds is 6. The third kappa shape index (κ3) is 4.49. The lowest BCUT2D eigenvalue weighted by atomic mass is 10.1. The highest BCUT2D eigenvalue weighted by atomic mass is 32.1. The predicted octanol–water partition coefficient (Wildman–Crippen LogP) is 5.21. The van der Waals surface area contributed by atoms with Gasteiger partial charge in [-0.3, -0.25) is 4.79 Å². The number of thiophene rings is 1. The second kappa shape index (κ2) is 8.40. The van der Waals surface area contributed by atoms with Crippen LogP contribution >= 0.6 is 11.3 Å². The average Bonchev–Trinajstić information content (AvgIpc) is 3.24. The molecular weight excluding hydrogens is 370 g/mol. The minimum absolute atomic E-state index is 0.207. The van der Waals surface area contributed by atoms with Gasteiger partial charge >= 0.3 is 5.97 Å². The first-order valence-electron chi connectivity index (χ1n) is 9.03. The molecule has 0 bridgehead atoms. The fraction of sp³-hybridized carbons (Fsp3) is 0.217. The summed E-state index contributed by atoms with van der Waals surface area (Å²) in [6, 6.07) is 10.1. The van der Waals surface area contributed by atoms with Gasteiger partial charge in [0.05, 0.1) is 0 Å². The van der Waals surface area contributed by atoms with Gasteiger partial charge in [-0.15, -0.1) is 0 Å². The molecule has 2 aromatic heterocycles. The molecule has 144 valence electrons. The maximum Gasteiger partial charge on any atom is 0.331 e. The van der Waals surface area contributed by atoms with Crippen LogP contribution in [-0.2, 0) is 9.53 Å². The quantitative estimate of drug-likeness (QED) is 0.328. The first kappa shape index (κ1) is 19.8. The molecule has 3 rings (SSSR count). The van der Waals surface area contributed by atoms with E-state index in [1.54, 1.807) is 17.4 Å². The molecule has 5 heteroatoms. The van der Waals surface area contributed by atoms with Gasteiger partial charge in [0.25, 0.3) is 0 Å². The van der Waals surface area contributed by atoms with Crippen LogP contribution in [0.25, 0.3) is 11.8 Å². The van der Waals surface area contributed by atoms with Crippen molar-refractivity contribution in [2.75, 3.05) is 6.61 Å². The highest BCUT2D eigenvalue weighted by Crippen LogP contribution is 2.23. The molecule has 0 aliphatic heterocycles. The van der Waals surface area contributed by atoms with Gasteiger partial charge < -0.3 is 9.30 Å². The lowest BCUT2D eigenvalue weighted by Crippen LogP contribution is -2.13. The van der Waals surface area contributed by atoms with Gasteiger partial charge in [-0.2, -0.15) is 11.3 Å². The van der Waals surface area contributed by atoms with Gasteiger partial charge in [-0.25, -0.2) is 4.79 Å². The fourth-order valence-corrected chi connectivity index (χ4v) is 3.95. The smallest absolute Gasteiger partial charge is 0.331 e. The van der Waals surface area contributed by atoms with E-state index in [0.717, 1.165) is 22.6 Å². The molecule has 0 atom stereocenters. The first-order valence-corrected chi connectivity index (χ1v) is 9.97. The molecule has 3 aromatic rings. The standard InChI is InChI=1S/C23H23NO3S/c1-15-9-16(2)11-20(10-15)24-17(3)12-21(18(24)4)22(25)13-27-23(26)6-5-19-7-8-28-14-19/h5-12,14H,13H2,1-4H3/b6-5+. The molecule has 0 fully saturated rings. The number of Topliss-reactive ketones (excluding diaryl/α,β-unsaturated/α-hetero) is 1. The molecule has 0 aliphatic carbocycles. The molecule has 0 saturated heterocycles. The number of carbonyl (C=O) groups excluding carboxylic acids is 2. The summed E-state index contributed by atoms with van der Waals surface area (Å²) in [6.45, 7) is 7.72. The monoisotopic (exact) mass is 393 g/mol. The van der Waals surface area contributed by atoms with Crippen LogP contribution in [0.3, 0.4) is 0 Å². The minimum atomic E-state index is -0.525. The zero-order valence-corrected chi connectivity index (χ0v) is 17.3. The molecule has 1 aromatic carbocycles. The summed E-state index contributed by atoms with van der Waals surface area (Å²) in [7, 11) is 0. The van der Waals surface area contributed by atoms with Crippen LogP contribution in [0.4, 0.5) is 0 Å². The minimum Gasteiger partial charge on any atom is -0.454 e. The molecule has 0 N–H and O–H groups in total. The van der Waals surface area contributed by atoms with Crippen LogP contribution in [0.15, 0.2) is 47.2 Å². The van der Waals surface area contributed by atoms with Crippen LogP contribution in [0.1, 0.15) is 38.4 Å². The number of nitrogens with zero attached hydrogens (tertiary/aromatic N) is 1. The Labute approximate surface area is 169 Å². The van der Waals surface area contributed by atoms with E-state index in [-0.39, 0.29) is 12.4 Å². The number of carbonyl (C=O) groups is 2. The Morgan fingerprint density at radius 2 is 1.79 bits per heavy atom. The van der Waals surface area contributed by atoms with Gasteiger partial charge in [0.15, 0.2) is 6.61 Å². The van der Waals surface area contributed by atoms with E-state index in [4.69, 9.17) is 4.74 Å². The normalized spacial score (nSPS) is 11.1. The molecule has 0 aliphatic rings. The number of aryl methyl sites for hydroxylation is 3. The number of hydrogen-bond acceptors (Lipinski definition) is 4. The van der Waals surface area contributed by atoms with Crippen molar-refractivity contribution in [2.45, 2.75) is 27.7 Å². The van der Waals surface area contributed by atoms with Gasteiger partial charge in [-0.05, 0) is 85.5 Å². The summed E-state index contributed by atoms with van der Waals surface area (Å²) < 4.78 is 7.18. The predicted molar refractivity (Wildman–Crippen MR) is 113 cm³/mol. The Bertz CT molecular complexity index is 1020. The summed E-state index contributed by atoms with van der Waals surface area (Å²) >= 11 is 1.55. The van der Waals surface area contributed by atoms with Crippen molar-refractivity contribution < 1.29 is 14.3 Å². The van der Waals surface area contributed by atoms with Crippen LogP contribution in [-0.4, -0.2) is 22.9 Å². The second-order valence-corrected chi connectivity index (χ2v) is 7.67. The van der Waals surface area contributed by atoms with Crippen molar-refractivity contribution in [1.82, 2.24) is 4.57 Å². The number of hydrogen-bond donors (Lipinski definition) is 0. The zero-order valence-electron chi connectivity index (χ0n) is 16.5. The zero-order chi connectivity index (χ0) is 20.3. The van der Waals surface area contributed by atoms with Crippen molar-refractivity contribution in [3.63, 3.8) is 0 Å². The van der Waals surface area contributed by atoms with E-state index in [2.05, 4.69) is 36.6 Å². The van der Waals surface area contributed by atoms with Gasteiger partial charge in [0, 0.05) is 28.7 Å². The lowest BCUT2D eigenvalue weighted by Gasteiger charge is -2.12. The van der Waals surface area contributed by atoms with Crippen LogP contribution in [0, 0.1) is 27.7 Å². The van der Waals surface area contributed by atoms with E-state index in [1.807, 2.05) is 36.7 Å². The Morgan fingerprint density at radius 3 is 2.43 bits per heavy atom. The third-order valence-electron chi connectivity index (χ3n) is 4.50. The van der Waals surface area contributed by atoms with Crippen molar-refractivity contribution >= 4 is 29.2 Å². The molecule has 0 saturated carbocycles. The number of ether oxygens (including phenoxy) is 1. The molecule has 4 nitrogen and oxygen atoms in total. The van der Waals surface area contributed by atoms with Crippen molar-refractivity contribution in [1.29, 1.82) is 0 Å². The Kier molecular flexibility index (Phi) is 5.95. The fourth-order valence-electron chi connectivity index (χ4n) is 3.32. The Balaban J connectivity index is 1.73. The van der Waals surface area contributed by atoms with E-state index in [1.165, 1.54) is 17.2 Å². The van der Waals surface area contributed by atoms with Crippen molar-refractivity contribution in [3.05, 3.63) is 80.8 Å². The topological polar surface area (TPSA) is 48.3 Å².